The summed E-state index contributed by atoms with van der Waals surface area (Å²) in [6.45, 7) is 4.91. The molecule has 0 aliphatic heterocycles. The molecule has 6 heteroatoms. The maximum absolute atomic E-state index is 12.5. The van der Waals surface area contributed by atoms with E-state index in [1.807, 2.05) is 0 Å². The number of carbonyl (C=O) groups excluding carboxylic acids is 2. The highest BCUT2D eigenvalue weighted by Gasteiger charge is 2.20. The van der Waals surface area contributed by atoms with Gasteiger partial charge in [0.05, 0.1) is 25.4 Å². The van der Waals surface area contributed by atoms with E-state index in [0.717, 1.165) is 77.0 Å². The third-order valence-electron chi connectivity index (χ3n) is 14.4. The van der Waals surface area contributed by atoms with Crippen molar-refractivity contribution in [1.82, 2.24) is 5.32 Å². The van der Waals surface area contributed by atoms with Gasteiger partial charge in [-0.3, -0.25) is 9.59 Å². The Balaban J connectivity index is 3.49. The molecule has 70 heavy (non-hydrogen) atoms. The van der Waals surface area contributed by atoms with Crippen LogP contribution in [0.5, 0.6) is 0 Å². The first-order chi connectivity index (χ1) is 34.5. The number of hydrogen-bond acceptors (Lipinski definition) is 5. The van der Waals surface area contributed by atoms with Gasteiger partial charge >= 0.3 is 5.97 Å². The van der Waals surface area contributed by atoms with Crippen LogP contribution in [0.15, 0.2) is 36.5 Å². The van der Waals surface area contributed by atoms with Crippen molar-refractivity contribution in [2.75, 3.05) is 13.2 Å². The standard InChI is InChI=1S/C64H121NO5/c1-3-5-7-9-11-13-15-17-19-21-23-25-28-32-36-40-44-48-52-56-62(67)61(60-66)65-63(68)57-53-49-45-41-37-33-29-27-31-35-39-43-47-51-55-59-70-64(69)58-54-50-46-42-38-34-30-26-24-22-20-18-16-14-12-10-8-6-4-2/h18,20,27,31,35,39,61-62,66-67H,3-17,19,21-26,28-30,32-34,36-38,40-60H2,1-2H3,(H,65,68)/b20-18-,31-27-,39-35-. The summed E-state index contributed by atoms with van der Waals surface area (Å²) in [6.07, 6.45) is 74.3. The highest BCUT2D eigenvalue weighted by molar-refractivity contribution is 5.76. The summed E-state index contributed by atoms with van der Waals surface area (Å²) in [7, 11) is 0. The molecule has 0 bridgehead atoms. The molecule has 0 saturated carbocycles. The number of unbranched alkanes of at least 4 members (excludes halogenated alkanes) is 42. The third kappa shape index (κ3) is 55.4. The number of allylic oxidation sites excluding steroid dienone is 6. The number of nitrogens with one attached hydrogen (secondary N) is 1. The van der Waals surface area contributed by atoms with Crippen LogP contribution < -0.4 is 5.32 Å². The fourth-order valence-electron chi connectivity index (χ4n) is 9.63. The van der Waals surface area contributed by atoms with Crippen molar-refractivity contribution in [2.24, 2.45) is 0 Å². The average Bonchev–Trinajstić information content (AvgIpc) is 3.36. The SMILES string of the molecule is CCCCCCCC/C=C\CCCCCCCCCCCC(=O)OCCCCC/C=C\C=C/CCCCCCCCC(=O)NC(CO)C(O)CCCCCCCCCCCCCCCCCCCCC. The van der Waals surface area contributed by atoms with Crippen LogP contribution in [0.1, 0.15) is 335 Å². The average molecular weight is 985 g/mol. The van der Waals surface area contributed by atoms with Gasteiger partial charge in [0, 0.05) is 12.8 Å². The summed E-state index contributed by atoms with van der Waals surface area (Å²) >= 11 is 0. The van der Waals surface area contributed by atoms with Crippen LogP contribution in [0, 0.1) is 0 Å². The number of aliphatic hydroxyl groups is 2. The van der Waals surface area contributed by atoms with E-state index in [2.05, 4.69) is 55.6 Å². The molecule has 2 unspecified atom stereocenters. The van der Waals surface area contributed by atoms with E-state index in [1.54, 1.807) is 0 Å². The molecule has 0 rings (SSSR count). The minimum atomic E-state index is -0.680. The maximum Gasteiger partial charge on any atom is 0.305 e. The molecule has 6 nitrogen and oxygen atoms in total. The molecule has 0 aliphatic rings. The van der Waals surface area contributed by atoms with Crippen LogP contribution in [0.2, 0.25) is 0 Å². The second-order valence-electron chi connectivity index (χ2n) is 21.4. The van der Waals surface area contributed by atoms with E-state index >= 15 is 0 Å². The molecule has 0 aliphatic carbocycles. The highest BCUT2D eigenvalue weighted by Crippen LogP contribution is 2.17. The van der Waals surface area contributed by atoms with Gasteiger partial charge in [-0.1, -0.05) is 275 Å². The fraction of sp³-hybridized carbons (Fsp3) is 0.875. The minimum absolute atomic E-state index is 0.0216. The minimum Gasteiger partial charge on any atom is -0.466 e. The molecule has 0 heterocycles. The Labute approximate surface area is 436 Å². The highest BCUT2D eigenvalue weighted by atomic mass is 16.5. The van der Waals surface area contributed by atoms with Crippen LogP contribution in [0.4, 0.5) is 0 Å². The third-order valence-corrected chi connectivity index (χ3v) is 14.4. The number of carbonyl (C=O) groups is 2. The molecule has 0 fully saturated rings. The van der Waals surface area contributed by atoms with Crippen LogP contribution >= 0.6 is 0 Å². The summed E-state index contributed by atoms with van der Waals surface area (Å²) in [6, 6.07) is -0.559. The molecule has 412 valence electrons. The van der Waals surface area contributed by atoms with E-state index in [1.165, 1.54) is 225 Å². The van der Waals surface area contributed by atoms with Gasteiger partial charge < -0.3 is 20.3 Å². The molecular weight excluding hydrogens is 863 g/mol. The molecular formula is C64H121NO5. The number of amides is 1. The first-order valence-corrected chi connectivity index (χ1v) is 31.3. The lowest BCUT2D eigenvalue weighted by molar-refractivity contribution is -0.143. The van der Waals surface area contributed by atoms with Gasteiger partial charge in [-0.2, -0.15) is 0 Å². The zero-order valence-corrected chi connectivity index (χ0v) is 47.0. The monoisotopic (exact) mass is 984 g/mol. The van der Waals surface area contributed by atoms with E-state index < -0.39 is 12.1 Å². The van der Waals surface area contributed by atoms with Crippen molar-refractivity contribution >= 4 is 11.9 Å². The van der Waals surface area contributed by atoms with E-state index in [4.69, 9.17) is 4.74 Å². The van der Waals surface area contributed by atoms with Gasteiger partial charge in [0.15, 0.2) is 0 Å². The van der Waals surface area contributed by atoms with Gasteiger partial charge in [-0.15, -0.1) is 0 Å². The predicted molar refractivity (Wildman–Crippen MR) is 306 cm³/mol. The normalized spacial score (nSPS) is 12.8. The summed E-state index contributed by atoms with van der Waals surface area (Å²) in [5.41, 5.74) is 0. The molecule has 0 spiro atoms. The second-order valence-corrected chi connectivity index (χ2v) is 21.4. The quantitative estimate of drug-likeness (QED) is 0.0244. The first-order valence-electron chi connectivity index (χ1n) is 31.3. The summed E-state index contributed by atoms with van der Waals surface area (Å²) in [4.78, 5) is 24.6. The van der Waals surface area contributed by atoms with Crippen molar-refractivity contribution in [3.8, 4) is 0 Å². The Morgan fingerprint density at radius 3 is 1.10 bits per heavy atom. The smallest absolute Gasteiger partial charge is 0.305 e. The Hall–Kier alpha value is -1.92. The number of ether oxygens (including phenoxy) is 1. The molecule has 3 N–H and O–H groups in total. The van der Waals surface area contributed by atoms with E-state index in [-0.39, 0.29) is 18.5 Å². The maximum atomic E-state index is 12.5. The number of esters is 1. The fourth-order valence-corrected chi connectivity index (χ4v) is 9.63. The van der Waals surface area contributed by atoms with Gasteiger partial charge in [-0.05, 0) is 83.5 Å². The molecule has 0 radical (unpaired) electrons. The molecule has 0 aromatic carbocycles. The number of aliphatic hydroxyl groups excluding tert-OH is 2. The van der Waals surface area contributed by atoms with Gasteiger partial charge in [-0.25, -0.2) is 0 Å². The summed E-state index contributed by atoms with van der Waals surface area (Å²) in [5, 5.41) is 23.3. The molecule has 2 atom stereocenters. The lowest BCUT2D eigenvalue weighted by Gasteiger charge is -2.22. The lowest BCUT2D eigenvalue weighted by atomic mass is 10.0. The summed E-state index contributed by atoms with van der Waals surface area (Å²) in [5.74, 6) is -0.0768. The summed E-state index contributed by atoms with van der Waals surface area (Å²) < 4.78 is 5.47. The van der Waals surface area contributed by atoms with Crippen molar-refractivity contribution in [2.45, 2.75) is 347 Å². The van der Waals surface area contributed by atoms with E-state index in [0.29, 0.717) is 25.9 Å². The van der Waals surface area contributed by atoms with Gasteiger partial charge in [0.2, 0.25) is 5.91 Å². The topological polar surface area (TPSA) is 95.9 Å². The Morgan fingerprint density at radius 2 is 0.714 bits per heavy atom. The first kappa shape index (κ1) is 68.1. The Bertz CT molecular complexity index is 1130. The predicted octanol–water partition coefficient (Wildman–Crippen LogP) is 19.6. The number of hydrogen-bond donors (Lipinski definition) is 3. The molecule has 0 aromatic heterocycles. The van der Waals surface area contributed by atoms with E-state index in [9.17, 15) is 19.8 Å². The zero-order chi connectivity index (χ0) is 50.7. The van der Waals surface area contributed by atoms with Crippen molar-refractivity contribution in [3.05, 3.63) is 36.5 Å². The largest absolute Gasteiger partial charge is 0.466 e. The number of rotatable bonds is 58. The van der Waals surface area contributed by atoms with Crippen LogP contribution in [0.25, 0.3) is 0 Å². The van der Waals surface area contributed by atoms with Gasteiger partial charge in [0.25, 0.3) is 0 Å². The van der Waals surface area contributed by atoms with Gasteiger partial charge in [0.1, 0.15) is 0 Å². The van der Waals surface area contributed by atoms with Crippen molar-refractivity contribution < 1.29 is 24.5 Å². The van der Waals surface area contributed by atoms with Crippen LogP contribution in [0.3, 0.4) is 0 Å². The van der Waals surface area contributed by atoms with Crippen LogP contribution in [-0.4, -0.2) is 47.4 Å². The Kier molecular flexibility index (Phi) is 58.0. The molecule has 0 saturated heterocycles. The molecule has 0 aromatic rings. The second kappa shape index (κ2) is 59.6. The Morgan fingerprint density at radius 1 is 0.400 bits per heavy atom. The molecule has 1 amide bonds. The zero-order valence-electron chi connectivity index (χ0n) is 47.0. The van der Waals surface area contributed by atoms with Crippen LogP contribution in [-0.2, 0) is 14.3 Å². The van der Waals surface area contributed by atoms with Crippen molar-refractivity contribution in [3.63, 3.8) is 0 Å². The lowest BCUT2D eigenvalue weighted by Crippen LogP contribution is -2.45. The van der Waals surface area contributed by atoms with Crippen molar-refractivity contribution in [1.29, 1.82) is 0 Å².